The summed E-state index contributed by atoms with van der Waals surface area (Å²) >= 11 is 0. The molecule has 0 aliphatic carbocycles. The molecular weight excluding hydrogens is 258 g/mol. The fourth-order valence-corrected chi connectivity index (χ4v) is 1.54. The summed E-state index contributed by atoms with van der Waals surface area (Å²) in [7, 11) is 3.77. The first-order valence-corrected chi connectivity index (χ1v) is 5.92. The number of carboxylic acid groups (broad SMARTS) is 1. The summed E-state index contributed by atoms with van der Waals surface area (Å²) in [4.78, 5) is 25.6. The number of carboxylic acids is 1. The molecule has 0 aromatic heterocycles. The van der Waals surface area contributed by atoms with Crippen LogP contribution in [-0.2, 0) is 4.79 Å². The summed E-state index contributed by atoms with van der Waals surface area (Å²) < 4.78 is 0. The van der Waals surface area contributed by atoms with Gasteiger partial charge in [-0.3, -0.25) is 4.79 Å². The van der Waals surface area contributed by atoms with Crippen LogP contribution in [-0.4, -0.2) is 49.2 Å². The lowest BCUT2D eigenvalue weighted by atomic mass is 10.2. The zero-order valence-electron chi connectivity index (χ0n) is 11.5. The molecule has 2 amide bonds. The Labute approximate surface area is 118 Å². The molecule has 0 aliphatic rings. The van der Waals surface area contributed by atoms with E-state index >= 15 is 0 Å². The Morgan fingerprint density at radius 2 is 2.10 bits per heavy atom. The normalized spacial score (nSPS) is 9.45. The molecule has 0 saturated heterocycles. The van der Waals surface area contributed by atoms with Gasteiger partial charge in [-0.2, -0.15) is 0 Å². The van der Waals surface area contributed by atoms with E-state index in [1.54, 1.807) is 18.2 Å². The summed E-state index contributed by atoms with van der Waals surface area (Å²) in [5.74, 6) is 1.15. The van der Waals surface area contributed by atoms with Gasteiger partial charge in [-0.05, 0) is 18.2 Å². The van der Waals surface area contributed by atoms with Gasteiger partial charge in [0, 0.05) is 25.5 Å². The van der Waals surface area contributed by atoms with Gasteiger partial charge in [0.25, 0.3) is 0 Å². The third kappa shape index (κ3) is 4.53. The lowest BCUT2D eigenvalue weighted by Crippen LogP contribution is -2.39. The van der Waals surface area contributed by atoms with Crippen molar-refractivity contribution < 1.29 is 14.7 Å². The van der Waals surface area contributed by atoms with Crippen LogP contribution in [0, 0.1) is 12.3 Å². The Bertz CT molecular complexity index is 535. The number of carbonyl (C=O) groups excluding carboxylic acids is 1. The molecule has 0 bridgehead atoms. The number of hydrogen-bond acceptors (Lipinski definition) is 3. The fourth-order valence-electron chi connectivity index (χ4n) is 1.54. The molecule has 6 nitrogen and oxygen atoms in total. The minimum Gasteiger partial charge on any atom is -0.480 e. The third-order valence-electron chi connectivity index (χ3n) is 2.51. The van der Waals surface area contributed by atoms with Crippen molar-refractivity contribution in [1.29, 1.82) is 0 Å². The number of carbonyl (C=O) groups is 2. The van der Waals surface area contributed by atoms with E-state index in [4.69, 9.17) is 11.5 Å². The van der Waals surface area contributed by atoms with E-state index in [0.717, 1.165) is 10.6 Å². The highest BCUT2D eigenvalue weighted by atomic mass is 16.4. The number of terminal acetylenes is 1. The zero-order valence-corrected chi connectivity index (χ0v) is 11.5. The van der Waals surface area contributed by atoms with Crippen molar-refractivity contribution in [3.05, 3.63) is 24.3 Å². The van der Waals surface area contributed by atoms with E-state index in [1.807, 2.05) is 25.1 Å². The van der Waals surface area contributed by atoms with Crippen LogP contribution in [0.25, 0.3) is 0 Å². The molecule has 2 N–H and O–H groups in total. The van der Waals surface area contributed by atoms with Crippen LogP contribution < -0.4 is 10.2 Å². The molecule has 0 spiro atoms. The third-order valence-corrected chi connectivity index (χ3v) is 2.51. The van der Waals surface area contributed by atoms with E-state index < -0.39 is 18.5 Å². The maximum atomic E-state index is 12.0. The van der Waals surface area contributed by atoms with E-state index in [2.05, 4.69) is 11.2 Å². The van der Waals surface area contributed by atoms with Gasteiger partial charge in [0.15, 0.2) is 0 Å². The van der Waals surface area contributed by atoms with Crippen molar-refractivity contribution in [2.24, 2.45) is 0 Å². The Hall–Kier alpha value is -2.68. The molecule has 1 rings (SSSR count). The van der Waals surface area contributed by atoms with Crippen molar-refractivity contribution in [1.82, 2.24) is 4.90 Å². The molecule has 6 heteroatoms. The van der Waals surface area contributed by atoms with Crippen LogP contribution in [0.5, 0.6) is 0 Å². The minimum atomic E-state index is -1.11. The molecule has 0 saturated carbocycles. The number of nitrogens with one attached hydrogen (secondary N) is 1. The van der Waals surface area contributed by atoms with E-state index in [0.29, 0.717) is 5.69 Å². The Kier molecular flexibility index (Phi) is 5.42. The summed E-state index contributed by atoms with van der Waals surface area (Å²) in [6.07, 6.45) is 5.13. The molecule has 20 heavy (non-hydrogen) atoms. The van der Waals surface area contributed by atoms with E-state index in [9.17, 15) is 9.59 Å². The molecule has 0 radical (unpaired) electrons. The predicted molar refractivity (Wildman–Crippen MR) is 77.8 cm³/mol. The quantitative estimate of drug-likeness (QED) is 0.795. The average Bonchev–Trinajstić information content (AvgIpc) is 2.38. The maximum absolute atomic E-state index is 12.0. The molecule has 0 heterocycles. The number of rotatable bonds is 5. The largest absolute Gasteiger partial charge is 0.480 e. The smallest absolute Gasteiger partial charge is 0.323 e. The van der Waals surface area contributed by atoms with Gasteiger partial charge >= 0.3 is 12.0 Å². The fraction of sp³-hybridized carbons (Fsp3) is 0.286. The van der Waals surface area contributed by atoms with Gasteiger partial charge in [-0.15, -0.1) is 6.42 Å². The molecule has 106 valence electrons. The lowest BCUT2D eigenvalue weighted by Gasteiger charge is -2.19. The number of hydrogen-bond donors (Lipinski definition) is 2. The van der Waals surface area contributed by atoms with Crippen molar-refractivity contribution >= 4 is 23.4 Å². The molecule has 0 atom stereocenters. The standard InChI is InChI=1S/C14H17N3O3/c1-4-8-17(10-13(18)19)14(20)15-11-6-5-7-12(9-11)16(2)3/h1,5-7,9H,8,10H2,2-3H3,(H,15,20)(H,18,19). The highest BCUT2D eigenvalue weighted by Crippen LogP contribution is 2.17. The maximum Gasteiger partial charge on any atom is 0.323 e. The van der Waals surface area contributed by atoms with E-state index in [-0.39, 0.29) is 6.54 Å². The number of nitrogens with zero attached hydrogens (tertiary/aromatic N) is 2. The van der Waals surface area contributed by atoms with Gasteiger partial charge < -0.3 is 20.2 Å². The highest BCUT2D eigenvalue weighted by Gasteiger charge is 2.15. The molecule has 0 fully saturated rings. The summed E-state index contributed by atoms with van der Waals surface area (Å²) in [6.45, 7) is -0.505. The van der Waals surface area contributed by atoms with Crippen LogP contribution in [0.1, 0.15) is 0 Å². The second-order valence-corrected chi connectivity index (χ2v) is 4.33. The number of benzene rings is 1. The summed E-state index contributed by atoms with van der Waals surface area (Å²) in [5.41, 5.74) is 1.50. The Morgan fingerprint density at radius 1 is 1.40 bits per heavy atom. The Balaban J connectivity index is 2.80. The zero-order chi connectivity index (χ0) is 15.1. The van der Waals surface area contributed by atoms with Gasteiger partial charge in [-0.25, -0.2) is 4.79 Å². The first-order chi connectivity index (χ1) is 9.43. The SMILES string of the molecule is C#CCN(CC(=O)O)C(=O)Nc1cccc(N(C)C)c1. The summed E-state index contributed by atoms with van der Waals surface area (Å²) in [6, 6.07) is 6.66. The second-order valence-electron chi connectivity index (χ2n) is 4.33. The molecule has 0 aliphatic heterocycles. The molecule has 1 aromatic carbocycles. The average molecular weight is 275 g/mol. The molecular formula is C14H17N3O3. The number of anilines is 2. The first kappa shape index (κ1) is 15.4. The van der Waals surface area contributed by atoms with Gasteiger partial charge in [0.1, 0.15) is 6.54 Å². The number of urea groups is 1. The van der Waals surface area contributed by atoms with Gasteiger partial charge in [0.05, 0.1) is 6.54 Å². The van der Waals surface area contributed by atoms with Crippen LogP contribution in [0.2, 0.25) is 0 Å². The lowest BCUT2D eigenvalue weighted by molar-refractivity contribution is -0.137. The Morgan fingerprint density at radius 3 is 2.65 bits per heavy atom. The summed E-state index contributed by atoms with van der Waals surface area (Å²) in [5, 5.41) is 11.4. The van der Waals surface area contributed by atoms with Crippen molar-refractivity contribution in [3.63, 3.8) is 0 Å². The monoisotopic (exact) mass is 275 g/mol. The van der Waals surface area contributed by atoms with Gasteiger partial charge in [0.2, 0.25) is 0 Å². The van der Waals surface area contributed by atoms with Crippen molar-refractivity contribution in [3.8, 4) is 12.3 Å². The molecule has 0 unspecified atom stereocenters. The van der Waals surface area contributed by atoms with Crippen LogP contribution >= 0.6 is 0 Å². The number of amides is 2. The number of aliphatic carboxylic acids is 1. The molecule has 1 aromatic rings. The predicted octanol–water partition coefficient (Wildman–Crippen LogP) is 1.30. The van der Waals surface area contributed by atoms with Crippen LogP contribution in [0.3, 0.4) is 0 Å². The van der Waals surface area contributed by atoms with Crippen LogP contribution in [0.4, 0.5) is 16.2 Å². The topological polar surface area (TPSA) is 72.9 Å². The van der Waals surface area contributed by atoms with Crippen LogP contribution in [0.15, 0.2) is 24.3 Å². The van der Waals surface area contributed by atoms with Gasteiger partial charge in [-0.1, -0.05) is 12.0 Å². The van der Waals surface area contributed by atoms with E-state index in [1.165, 1.54) is 0 Å². The first-order valence-electron chi connectivity index (χ1n) is 5.92. The van der Waals surface area contributed by atoms with Crippen molar-refractivity contribution in [2.75, 3.05) is 37.4 Å². The minimum absolute atomic E-state index is 0.0640. The second kappa shape index (κ2) is 7.04. The van der Waals surface area contributed by atoms with Crippen molar-refractivity contribution in [2.45, 2.75) is 0 Å². The highest BCUT2D eigenvalue weighted by molar-refractivity contribution is 5.92.